The number of nitrogens with zero attached hydrogens (tertiary/aromatic N) is 3. The highest BCUT2D eigenvalue weighted by Gasteiger charge is 2.50. The number of fused-ring (bicyclic) bond motifs is 9. The molecule has 0 bridgehead atoms. The van der Waals surface area contributed by atoms with Gasteiger partial charge in [0.2, 0.25) is 0 Å². The first kappa shape index (κ1) is 34.0. The van der Waals surface area contributed by atoms with Crippen LogP contribution in [0.1, 0.15) is 22.3 Å². The van der Waals surface area contributed by atoms with Gasteiger partial charge in [-0.1, -0.05) is 182 Å². The van der Waals surface area contributed by atoms with Crippen molar-refractivity contribution in [2.45, 2.75) is 15.2 Å². The van der Waals surface area contributed by atoms with Crippen molar-refractivity contribution in [3.8, 4) is 67.3 Å². The van der Waals surface area contributed by atoms with Gasteiger partial charge in [0.05, 0.1) is 23.4 Å². The molecule has 0 saturated carbocycles. The first-order valence-electron chi connectivity index (χ1n) is 19.4. The van der Waals surface area contributed by atoms with Crippen molar-refractivity contribution in [2.75, 3.05) is 0 Å². The van der Waals surface area contributed by atoms with Crippen LogP contribution in [-0.2, 0) is 5.41 Å². The maximum Gasteiger partial charge on any atom is 0.187 e. The van der Waals surface area contributed by atoms with Crippen LogP contribution in [0.2, 0.25) is 0 Å². The summed E-state index contributed by atoms with van der Waals surface area (Å²) in [6.45, 7) is 7.48. The molecule has 11 rings (SSSR count). The van der Waals surface area contributed by atoms with Crippen LogP contribution in [0, 0.1) is 6.57 Å². The zero-order valence-corrected chi connectivity index (χ0v) is 32.1. The van der Waals surface area contributed by atoms with E-state index in [0.29, 0.717) is 11.5 Å². The summed E-state index contributed by atoms with van der Waals surface area (Å²) in [5.74, 6) is 0.708. The number of rotatable bonds is 5. The minimum absolute atomic E-state index is 0.520. The van der Waals surface area contributed by atoms with Crippen LogP contribution in [0.15, 0.2) is 210 Å². The van der Waals surface area contributed by atoms with Gasteiger partial charge in [-0.05, 0) is 86.0 Å². The summed E-state index contributed by atoms with van der Waals surface area (Å²) in [6.07, 6.45) is 0. The van der Waals surface area contributed by atoms with E-state index in [9.17, 15) is 0 Å². The van der Waals surface area contributed by atoms with Crippen molar-refractivity contribution in [3.05, 3.63) is 234 Å². The lowest BCUT2D eigenvalue weighted by Gasteiger charge is -2.40. The molecule has 1 aliphatic heterocycles. The SMILES string of the molecule is [C-]#[N+]c1ccc(-c2ccc3c(c2)C2(c4ccccc4S3)c3ccccc3-c3ccc(-c4ccc(-c5cc(-c6ccccc6)nc(-c6ccccc6)n5)cc4)cc32)cc1. The third-order valence-electron chi connectivity index (χ3n) is 11.6. The Morgan fingerprint density at radius 3 is 1.59 bits per heavy atom. The van der Waals surface area contributed by atoms with Crippen molar-refractivity contribution in [3.63, 3.8) is 0 Å². The second kappa shape index (κ2) is 13.7. The van der Waals surface area contributed by atoms with E-state index in [2.05, 4.69) is 157 Å². The summed E-state index contributed by atoms with van der Waals surface area (Å²) < 4.78 is 0. The van der Waals surface area contributed by atoms with E-state index in [1.165, 1.54) is 48.7 Å². The molecule has 270 valence electrons. The molecule has 3 nitrogen and oxygen atoms in total. The lowest BCUT2D eigenvalue weighted by Crippen LogP contribution is -2.32. The van der Waals surface area contributed by atoms with Crippen LogP contribution in [0.3, 0.4) is 0 Å². The lowest BCUT2D eigenvalue weighted by molar-refractivity contribution is 0.723. The largest absolute Gasteiger partial charge is 0.238 e. The second-order valence-electron chi connectivity index (χ2n) is 14.8. The average molecular weight is 756 g/mol. The Kier molecular flexibility index (Phi) is 8.03. The first-order valence-corrected chi connectivity index (χ1v) is 20.2. The molecular weight excluding hydrogens is 723 g/mol. The summed E-state index contributed by atoms with van der Waals surface area (Å²) in [5, 5.41) is 0. The van der Waals surface area contributed by atoms with Crippen LogP contribution in [-0.4, -0.2) is 9.97 Å². The Hall–Kier alpha value is -7.32. The predicted octanol–water partition coefficient (Wildman–Crippen LogP) is 14.2. The summed E-state index contributed by atoms with van der Waals surface area (Å²) in [4.78, 5) is 16.2. The number of hydrogen-bond donors (Lipinski definition) is 0. The van der Waals surface area contributed by atoms with Gasteiger partial charge >= 0.3 is 0 Å². The molecule has 0 amide bonds. The number of benzene rings is 8. The third-order valence-corrected chi connectivity index (χ3v) is 12.8. The van der Waals surface area contributed by atoms with Gasteiger partial charge in [-0.2, -0.15) is 0 Å². The fraction of sp³-hybridized carbons (Fsp3) is 0.0185. The Morgan fingerprint density at radius 2 is 0.879 bits per heavy atom. The zero-order valence-electron chi connectivity index (χ0n) is 31.3. The van der Waals surface area contributed by atoms with Crippen molar-refractivity contribution >= 4 is 17.4 Å². The second-order valence-corrected chi connectivity index (χ2v) is 15.9. The zero-order chi connectivity index (χ0) is 38.6. The van der Waals surface area contributed by atoms with E-state index >= 15 is 0 Å². The van der Waals surface area contributed by atoms with E-state index in [4.69, 9.17) is 16.5 Å². The molecule has 0 fully saturated rings. The van der Waals surface area contributed by atoms with Crippen LogP contribution >= 0.6 is 11.8 Å². The molecule has 0 N–H and O–H groups in total. The lowest BCUT2D eigenvalue weighted by atomic mass is 9.66. The summed E-state index contributed by atoms with van der Waals surface area (Å²) >= 11 is 1.85. The number of aromatic nitrogens is 2. The minimum Gasteiger partial charge on any atom is -0.238 e. The maximum atomic E-state index is 7.48. The van der Waals surface area contributed by atoms with Crippen LogP contribution < -0.4 is 0 Å². The van der Waals surface area contributed by atoms with Gasteiger partial charge in [0.15, 0.2) is 11.5 Å². The summed E-state index contributed by atoms with van der Waals surface area (Å²) in [7, 11) is 0. The van der Waals surface area contributed by atoms with Gasteiger partial charge in [-0.3, -0.25) is 0 Å². The van der Waals surface area contributed by atoms with Gasteiger partial charge in [-0.25, -0.2) is 14.8 Å². The van der Waals surface area contributed by atoms with Gasteiger partial charge < -0.3 is 0 Å². The topological polar surface area (TPSA) is 30.1 Å². The fourth-order valence-electron chi connectivity index (χ4n) is 8.89. The molecule has 1 unspecified atom stereocenters. The number of hydrogen-bond acceptors (Lipinski definition) is 3. The van der Waals surface area contributed by atoms with Gasteiger partial charge in [0.1, 0.15) is 0 Å². The third kappa shape index (κ3) is 5.44. The predicted molar refractivity (Wildman–Crippen MR) is 237 cm³/mol. The molecule has 4 heteroatoms. The Labute approximate surface area is 342 Å². The Morgan fingerprint density at radius 1 is 0.379 bits per heavy atom. The van der Waals surface area contributed by atoms with Crippen LogP contribution in [0.4, 0.5) is 5.69 Å². The molecule has 2 aliphatic rings. The minimum atomic E-state index is -0.520. The molecule has 9 aromatic rings. The molecule has 1 aliphatic carbocycles. The van der Waals surface area contributed by atoms with Gasteiger partial charge in [0.25, 0.3) is 0 Å². The Bertz CT molecular complexity index is 3020. The molecule has 0 radical (unpaired) electrons. The van der Waals surface area contributed by atoms with Crippen molar-refractivity contribution in [2.24, 2.45) is 0 Å². The standard InChI is InChI=1S/C54H33N3S/c1-55-42-28-24-36(25-29-42)41-27-31-52-48(33-41)54(46-18-10-11-19-51(46)58-52)45-17-9-8-16-43(45)44-30-26-40(32-47(44)54)35-20-22-38(23-21-35)50-34-49(37-12-4-2-5-13-37)56-53(57-50)39-14-6-3-7-15-39/h2-34H. The molecule has 1 spiro atoms. The van der Waals surface area contributed by atoms with E-state index in [1.54, 1.807) is 0 Å². The van der Waals surface area contributed by atoms with E-state index < -0.39 is 5.41 Å². The highest BCUT2D eigenvalue weighted by atomic mass is 32.2. The average Bonchev–Trinajstić information content (AvgIpc) is 3.59. The molecular formula is C54H33N3S. The molecule has 2 heterocycles. The van der Waals surface area contributed by atoms with Crippen molar-refractivity contribution in [1.29, 1.82) is 0 Å². The smallest absolute Gasteiger partial charge is 0.187 e. The normalized spacial score (nSPS) is 14.5. The van der Waals surface area contributed by atoms with Gasteiger partial charge in [-0.15, -0.1) is 0 Å². The molecule has 1 atom stereocenters. The van der Waals surface area contributed by atoms with Crippen LogP contribution in [0.5, 0.6) is 0 Å². The monoisotopic (exact) mass is 755 g/mol. The first-order chi connectivity index (χ1) is 28.7. The highest BCUT2D eigenvalue weighted by molar-refractivity contribution is 7.99. The summed E-state index contributed by atoms with van der Waals surface area (Å²) in [6, 6.07) is 71.2. The molecule has 58 heavy (non-hydrogen) atoms. The maximum absolute atomic E-state index is 7.48. The highest BCUT2D eigenvalue weighted by Crippen LogP contribution is 2.62. The van der Waals surface area contributed by atoms with E-state index in [-0.39, 0.29) is 0 Å². The van der Waals surface area contributed by atoms with Crippen molar-refractivity contribution < 1.29 is 0 Å². The van der Waals surface area contributed by atoms with Crippen LogP contribution in [0.25, 0.3) is 72.1 Å². The van der Waals surface area contributed by atoms with Crippen molar-refractivity contribution in [1.82, 2.24) is 9.97 Å². The molecule has 8 aromatic carbocycles. The quantitative estimate of drug-likeness (QED) is 0.164. The fourth-order valence-corrected chi connectivity index (χ4v) is 10.1. The summed E-state index contributed by atoms with van der Waals surface area (Å²) in [5.41, 5.74) is 17.3. The van der Waals surface area contributed by atoms with Gasteiger partial charge in [0, 0.05) is 26.5 Å². The molecule has 0 saturated heterocycles. The molecule has 1 aromatic heterocycles. The Balaban J connectivity index is 1.06. The van der Waals surface area contributed by atoms with E-state index in [0.717, 1.165) is 44.8 Å². The van der Waals surface area contributed by atoms with E-state index in [1.807, 2.05) is 60.3 Å².